The SMILES string of the molecule is O=C(O)CCCc1nc2cccc(Cl)c2n1C1CC1. The van der Waals surface area contributed by atoms with Crippen molar-refractivity contribution in [2.45, 2.75) is 38.1 Å². The van der Waals surface area contributed by atoms with Crippen molar-refractivity contribution in [3.63, 3.8) is 0 Å². The number of carboxylic acid groups (broad SMARTS) is 1. The number of carbonyl (C=O) groups is 1. The van der Waals surface area contributed by atoms with Crippen LogP contribution in [0.1, 0.15) is 37.5 Å². The van der Waals surface area contributed by atoms with Crippen LogP contribution in [-0.2, 0) is 11.2 Å². The maximum atomic E-state index is 10.6. The molecule has 0 amide bonds. The minimum absolute atomic E-state index is 0.182. The van der Waals surface area contributed by atoms with Gasteiger partial charge in [0.05, 0.1) is 16.1 Å². The molecule has 5 heteroatoms. The fourth-order valence-electron chi connectivity index (χ4n) is 2.45. The van der Waals surface area contributed by atoms with E-state index in [0.717, 1.165) is 34.7 Å². The molecule has 1 saturated carbocycles. The maximum absolute atomic E-state index is 10.6. The van der Waals surface area contributed by atoms with E-state index < -0.39 is 5.97 Å². The predicted molar refractivity (Wildman–Crippen MR) is 73.6 cm³/mol. The topological polar surface area (TPSA) is 55.1 Å². The summed E-state index contributed by atoms with van der Waals surface area (Å²) in [6.07, 6.45) is 3.80. The number of aromatic nitrogens is 2. The number of benzene rings is 1. The number of para-hydroxylation sites is 1. The number of aliphatic carboxylic acids is 1. The van der Waals surface area contributed by atoms with Gasteiger partial charge in [-0.2, -0.15) is 0 Å². The van der Waals surface area contributed by atoms with Crippen LogP contribution in [-0.4, -0.2) is 20.6 Å². The smallest absolute Gasteiger partial charge is 0.303 e. The Hall–Kier alpha value is -1.55. The Morgan fingerprint density at radius 2 is 2.26 bits per heavy atom. The summed E-state index contributed by atoms with van der Waals surface area (Å²) in [7, 11) is 0. The number of nitrogens with zero attached hydrogens (tertiary/aromatic N) is 2. The zero-order chi connectivity index (χ0) is 13.4. The van der Waals surface area contributed by atoms with Gasteiger partial charge in [-0.3, -0.25) is 4.79 Å². The van der Waals surface area contributed by atoms with Gasteiger partial charge in [-0.1, -0.05) is 17.7 Å². The molecule has 0 saturated heterocycles. The normalized spacial score (nSPS) is 15.0. The van der Waals surface area contributed by atoms with E-state index in [2.05, 4.69) is 9.55 Å². The highest BCUT2D eigenvalue weighted by Gasteiger charge is 2.28. The summed E-state index contributed by atoms with van der Waals surface area (Å²) in [6.45, 7) is 0. The standard InChI is InChI=1S/C14H15ClN2O2/c15-10-3-1-4-11-14(10)17(9-7-8-9)12(16-11)5-2-6-13(18)19/h1,3-4,9H,2,5-8H2,(H,18,19). The van der Waals surface area contributed by atoms with E-state index in [0.29, 0.717) is 18.9 Å². The molecule has 19 heavy (non-hydrogen) atoms. The molecule has 2 aromatic rings. The molecule has 0 unspecified atom stereocenters. The Morgan fingerprint density at radius 1 is 1.47 bits per heavy atom. The van der Waals surface area contributed by atoms with E-state index >= 15 is 0 Å². The quantitative estimate of drug-likeness (QED) is 0.911. The Labute approximate surface area is 116 Å². The number of carboxylic acids is 1. The van der Waals surface area contributed by atoms with E-state index in [1.54, 1.807) is 0 Å². The summed E-state index contributed by atoms with van der Waals surface area (Å²) in [5.41, 5.74) is 1.90. The molecule has 1 aliphatic rings. The third-order valence-electron chi connectivity index (χ3n) is 3.44. The fraction of sp³-hybridized carbons (Fsp3) is 0.429. The van der Waals surface area contributed by atoms with Gasteiger partial charge in [0.2, 0.25) is 0 Å². The van der Waals surface area contributed by atoms with Gasteiger partial charge in [0, 0.05) is 18.9 Å². The van der Waals surface area contributed by atoms with Crippen LogP contribution in [0.5, 0.6) is 0 Å². The average molecular weight is 279 g/mol. The van der Waals surface area contributed by atoms with Crippen molar-refractivity contribution in [2.75, 3.05) is 0 Å². The Balaban J connectivity index is 1.96. The second-order valence-electron chi connectivity index (χ2n) is 4.98. The summed E-state index contributed by atoms with van der Waals surface area (Å²) in [6, 6.07) is 6.23. The Kier molecular flexibility index (Phi) is 3.19. The van der Waals surface area contributed by atoms with Crippen LogP contribution < -0.4 is 0 Å². The number of rotatable bonds is 5. The monoisotopic (exact) mass is 278 g/mol. The van der Waals surface area contributed by atoms with Crippen molar-refractivity contribution in [3.8, 4) is 0 Å². The Morgan fingerprint density at radius 3 is 2.95 bits per heavy atom. The van der Waals surface area contributed by atoms with Crippen molar-refractivity contribution < 1.29 is 9.90 Å². The first-order valence-electron chi connectivity index (χ1n) is 6.54. The van der Waals surface area contributed by atoms with Crippen LogP contribution in [0, 0.1) is 0 Å². The van der Waals surface area contributed by atoms with Gasteiger partial charge in [-0.05, 0) is 31.4 Å². The summed E-state index contributed by atoms with van der Waals surface area (Å²) >= 11 is 6.28. The second-order valence-corrected chi connectivity index (χ2v) is 5.39. The van der Waals surface area contributed by atoms with Gasteiger partial charge in [0.15, 0.2) is 0 Å². The average Bonchev–Trinajstić information content (AvgIpc) is 3.11. The summed E-state index contributed by atoms with van der Waals surface area (Å²) in [4.78, 5) is 15.2. The van der Waals surface area contributed by atoms with Crippen LogP contribution in [0.4, 0.5) is 0 Å². The lowest BCUT2D eigenvalue weighted by Crippen LogP contribution is -2.03. The van der Waals surface area contributed by atoms with Crippen molar-refractivity contribution in [1.29, 1.82) is 0 Å². The van der Waals surface area contributed by atoms with E-state index in [4.69, 9.17) is 16.7 Å². The van der Waals surface area contributed by atoms with Gasteiger partial charge in [0.25, 0.3) is 0 Å². The molecular weight excluding hydrogens is 264 g/mol. The number of hydrogen-bond acceptors (Lipinski definition) is 2. The number of imidazole rings is 1. The van der Waals surface area contributed by atoms with Crippen LogP contribution >= 0.6 is 11.6 Å². The molecule has 0 radical (unpaired) electrons. The van der Waals surface area contributed by atoms with Gasteiger partial charge < -0.3 is 9.67 Å². The Bertz CT molecular complexity index is 632. The molecule has 1 aromatic carbocycles. The van der Waals surface area contributed by atoms with Crippen LogP contribution in [0.15, 0.2) is 18.2 Å². The lowest BCUT2D eigenvalue weighted by atomic mass is 10.2. The molecular formula is C14H15ClN2O2. The lowest BCUT2D eigenvalue weighted by molar-refractivity contribution is -0.137. The van der Waals surface area contributed by atoms with Crippen LogP contribution in [0.3, 0.4) is 0 Å². The highest BCUT2D eigenvalue weighted by Crippen LogP contribution is 2.40. The van der Waals surface area contributed by atoms with Gasteiger partial charge in [-0.25, -0.2) is 4.98 Å². The van der Waals surface area contributed by atoms with Gasteiger partial charge >= 0.3 is 5.97 Å². The molecule has 3 rings (SSSR count). The van der Waals surface area contributed by atoms with Crippen LogP contribution in [0.2, 0.25) is 5.02 Å². The van der Waals surface area contributed by atoms with E-state index in [1.807, 2.05) is 18.2 Å². The molecule has 1 N–H and O–H groups in total. The van der Waals surface area contributed by atoms with Crippen LogP contribution in [0.25, 0.3) is 11.0 Å². The maximum Gasteiger partial charge on any atom is 0.303 e. The van der Waals surface area contributed by atoms with Crippen molar-refractivity contribution in [2.24, 2.45) is 0 Å². The third-order valence-corrected chi connectivity index (χ3v) is 3.74. The second kappa shape index (κ2) is 4.85. The molecule has 0 spiro atoms. The van der Waals surface area contributed by atoms with Gasteiger partial charge in [-0.15, -0.1) is 0 Å². The zero-order valence-electron chi connectivity index (χ0n) is 10.5. The molecule has 1 heterocycles. The number of halogens is 1. The molecule has 0 aliphatic heterocycles. The van der Waals surface area contributed by atoms with Crippen molar-refractivity contribution in [1.82, 2.24) is 9.55 Å². The number of fused-ring (bicyclic) bond motifs is 1. The first kappa shape index (κ1) is 12.5. The third kappa shape index (κ3) is 2.45. The highest BCUT2D eigenvalue weighted by atomic mass is 35.5. The zero-order valence-corrected chi connectivity index (χ0v) is 11.2. The summed E-state index contributed by atoms with van der Waals surface area (Å²) in [5, 5.41) is 9.44. The van der Waals surface area contributed by atoms with E-state index in [-0.39, 0.29) is 6.42 Å². The molecule has 0 bridgehead atoms. The molecule has 1 aliphatic carbocycles. The van der Waals surface area contributed by atoms with Crippen molar-refractivity contribution >= 4 is 28.6 Å². The minimum Gasteiger partial charge on any atom is -0.481 e. The fourth-order valence-corrected chi connectivity index (χ4v) is 2.72. The minimum atomic E-state index is -0.757. The van der Waals surface area contributed by atoms with Gasteiger partial charge in [0.1, 0.15) is 5.82 Å². The largest absolute Gasteiger partial charge is 0.481 e. The summed E-state index contributed by atoms with van der Waals surface area (Å²) in [5.74, 6) is 0.207. The molecule has 1 aromatic heterocycles. The predicted octanol–water partition coefficient (Wildman–Crippen LogP) is 3.43. The highest BCUT2D eigenvalue weighted by molar-refractivity contribution is 6.35. The number of aryl methyl sites for hydroxylation is 1. The summed E-state index contributed by atoms with van der Waals surface area (Å²) < 4.78 is 2.21. The molecule has 0 atom stereocenters. The molecule has 1 fully saturated rings. The molecule has 4 nitrogen and oxygen atoms in total. The first-order chi connectivity index (χ1) is 9.16. The number of hydrogen-bond donors (Lipinski definition) is 1. The van der Waals surface area contributed by atoms with Crippen molar-refractivity contribution in [3.05, 3.63) is 29.0 Å². The lowest BCUT2D eigenvalue weighted by Gasteiger charge is -2.07. The first-order valence-corrected chi connectivity index (χ1v) is 6.91. The molecule has 100 valence electrons. The van der Waals surface area contributed by atoms with E-state index in [1.165, 1.54) is 0 Å². The van der Waals surface area contributed by atoms with E-state index in [9.17, 15) is 4.79 Å².